The first kappa shape index (κ1) is 22.9. The van der Waals surface area contributed by atoms with Gasteiger partial charge in [0.05, 0.1) is 25.8 Å². The molecule has 1 fully saturated rings. The molecule has 2 atom stereocenters. The molecule has 0 aromatic carbocycles. The first-order chi connectivity index (χ1) is 9.49. The van der Waals surface area contributed by atoms with E-state index >= 15 is 0 Å². The number of hydrogen-bond donors (Lipinski definition) is 2. The van der Waals surface area contributed by atoms with Gasteiger partial charge in [-0.2, -0.15) is 0 Å². The van der Waals surface area contributed by atoms with Crippen molar-refractivity contribution < 1.29 is 87.6 Å². The second-order valence-electron chi connectivity index (χ2n) is 4.76. The predicted molar refractivity (Wildman–Crippen MR) is 70.9 cm³/mol. The van der Waals surface area contributed by atoms with Gasteiger partial charge in [0.15, 0.2) is 0 Å². The van der Waals surface area contributed by atoms with E-state index in [1.807, 2.05) is 0 Å². The van der Waals surface area contributed by atoms with E-state index in [1.165, 1.54) is 6.26 Å². The van der Waals surface area contributed by atoms with Crippen LogP contribution >= 0.6 is 7.37 Å². The third-order valence-corrected chi connectivity index (χ3v) is 5.44. The zero-order valence-corrected chi connectivity index (χ0v) is 17.9. The fraction of sp³-hybridized carbons (Fsp3) is 0.583. The zero-order chi connectivity index (χ0) is 14.6. The van der Waals surface area contributed by atoms with Crippen molar-refractivity contribution in [2.45, 2.75) is 12.1 Å². The van der Waals surface area contributed by atoms with E-state index in [0.717, 1.165) is 0 Å². The van der Waals surface area contributed by atoms with Gasteiger partial charge in [0.25, 0.3) is 0 Å². The van der Waals surface area contributed by atoms with Gasteiger partial charge in [-0.05, 0) is 12.1 Å². The SMILES string of the molecule is O=C(O)C(Cc1ccco1)P(=O)(O)CN1CCOCC1.[Na+].[Na+]. The van der Waals surface area contributed by atoms with E-state index in [1.54, 1.807) is 17.0 Å². The van der Waals surface area contributed by atoms with E-state index in [4.69, 9.17) is 9.15 Å². The summed E-state index contributed by atoms with van der Waals surface area (Å²) >= 11 is 0. The average Bonchev–Trinajstić information content (AvgIpc) is 2.89. The molecule has 1 aliphatic rings. The van der Waals surface area contributed by atoms with Crippen molar-refractivity contribution in [3.63, 3.8) is 0 Å². The van der Waals surface area contributed by atoms with Crippen molar-refractivity contribution in [3.8, 4) is 0 Å². The molecule has 0 saturated carbocycles. The van der Waals surface area contributed by atoms with Crippen molar-refractivity contribution in [1.82, 2.24) is 4.90 Å². The fourth-order valence-corrected chi connectivity index (χ4v) is 4.01. The molecule has 0 bridgehead atoms. The van der Waals surface area contributed by atoms with Gasteiger partial charge in [-0.3, -0.25) is 14.3 Å². The number of carboxylic acids is 1. The summed E-state index contributed by atoms with van der Waals surface area (Å²) in [6.45, 7) is 2.07. The molecule has 0 spiro atoms. The Hall–Kier alpha value is 0.860. The summed E-state index contributed by atoms with van der Waals surface area (Å²) in [5.41, 5.74) is -1.35. The number of hydrogen-bond acceptors (Lipinski definition) is 5. The summed E-state index contributed by atoms with van der Waals surface area (Å²) in [4.78, 5) is 23.2. The Morgan fingerprint density at radius 2 is 2.00 bits per heavy atom. The number of nitrogens with zero attached hydrogens (tertiary/aromatic N) is 1. The van der Waals surface area contributed by atoms with E-state index in [-0.39, 0.29) is 71.8 Å². The standard InChI is InChI=1S/C12H18NO6P.2Na/c14-12(15)11(8-10-2-1-5-19-10)20(16,17)9-13-3-6-18-7-4-13;;/h1-2,5,11H,3-4,6-9H2,(H,14,15)(H,16,17);;/q;2*+1. The Balaban J connectivity index is 0.00000220. The molecule has 0 amide bonds. The monoisotopic (exact) mass is 349 g/mol. The smallest absolute Gasteiger partial charge is 0.481 e. The van der Waals surface area contributed by atoms with Crippen LogP contribution in [-0.2, 0) is 20.5 Å². The fourth-order valence-electron chi connectivity index (χ4n) is 2.15. The Bertz CT molecular complexity index is 492. The number of rotatable bonds is 6. The molecular formula is C12H18NNa2O6P+2. The van der Waals surface area contributed by atoms with Crippen LogP contribution in [0, 0.1) is 0 Å². The van der Waals surface area contributed by atoms with Gasteiger partial charge in [-0.1, -0.05) is 0 Å². The quantitative estimate of drug-likeness (QED) is 0.391. The van der Waals surface area contributed by atoms with Crippen LogP contribution in [0.3, 0.4) is 0 Å². The summed E-state index contributed by atoms with van der Waals surface area (Å²) < 4.78 is 22.6. The molecule has 2 unspecified atom stereocenters. The van der Waals surface area contributed by atoms with Crippen molar-refractivity contribution in [2.24, 2.45) is 0 Å². The van der Waals surface area contributed by atoms with Gasteiger partial charge in [0.2, 0.25) is 7.37 Å². The Kier molecular flexibility index (Phi) is 11.1. The van der Waals surface area contributed by atoms with Crippen LogP contribution in [0.4, 0.5) is 0 Å². The first-order valence-electron chi connectivity index (χ1n) is 6.36. The molecule has 22 heavy (non-hydrogen) atoms. The minimum atomic E-state index is -3.86. The summed E-state index contributed by atoms with van der Waals surface area (Å²) in [5, 5.41) is 9.22. The van der Waals surface area contributed by atoms with Crippen LogP contribution in [0.1, 0.15) is 5.76 Å². The topological polar surface area (TPSA) is 100 Å². The van der Waals surface area contributed by atoms with Gasteiger partial charge in [0, 0.05) is 19.5 Å². The number of ether oxygens (including phenoxy) is 1. The van der Waals surface area contributed by atoms with Crippen LogP contribution in [0.2, 0.25) is 0 Å². The normalized spacial score (nSPS) is 19.3. The summed E-state index contributed by atoms with van der Waals surface area (Å²) in [6.07, 6.45) is 1.20. The first-order valence-corrected chi connectivity index (χ1v) is 8.27. The number of carbonyl (C=O) groups is 1. The average molecular weight is 349 g/mol. The van der Waals surface area contributed by atoms with Crippen LogP contribution < -0.4 is 59.1 Å². The van der Waals surface area contributed by atoms with Crippen LogP contribution in [0.25, 0.3) is 0 Å². The predicted octanol–water partition coefficient (Wildman–Crippen LogP) is -5.16. The molecule has 0 radical (unpaired) electrons. The number of carboxylic acid groups (broad SMARTS) is 1. The molecule has 2 heterocycles. The maximum atomic E-state index is 12.4. The van der Waals surface area contributed by atoms with E-state index in [2.05, 4.69) is 0 Å². The molecule has 0 aliphatic carbocycles. The molecule has 2 N–H and O–H groups in total. The van der Waals surface area contributed by atoms with E-state index in [9.17, 15) is 19.4 Å². The van der Waals surface area contributed by atoms with Gasteiger partial charge in [0.1, 0.15) is 11.4 Å². The minimum absolute atomic E-state index is 0. The van der Waals surface area contributed by atoms with Gasteiger partial charge in [-0.25, -0.2) is 0 Å². The molecule has 1 aromatic heterocycles. The Morgan fingerprint density at radius 1 is 1.36 bits per heavy atom. The third-order valence-electron chi connectivity index (χ3n) is 3.25. The van der Waals surface area contributed by atoms with Crippen molar-refractivity contribution in [1.29, 1.82) is 0 Å². The number of furan rings is 1. The van der Waals surface area contributed by atoms with Crippen LogP contribution in [-0.4, -0.2) is 59.1 Å². The summed E-state index contributed by atoms with van der Waals surface area (Å²) in [6, 6.07) is 3.23. The second-order valence-corrected chi connectivity index (χ2v) is 7.18. The zero-order valence-electron chi connectivity index (χ0n) is 13.0. The third kappa shape index (κ3) is 6.77. The van der Waals surface area contributed by atoms with Crippen molar-refractivity contribution in [2.75, 3.05) is 32.6 Å². The van der Waals surface area contributed by atoms with E-state index in [0.29, 0.717) is 32.1 Å². The molecule has 10 heteroatoms. The van der Waals surface area contributed by atoms with Crippen LogP contribution in [0.5, 0.6) is 0 Å². The van der Waals surface area contributed by atoms with Gasteiger partial charge in [-0.15, -0.1) is 0 Å². The van der Waals surface area contributed by atoms with Crippen LogP contribution in [0.15, 0.2) is 22.8 Å². The Labute approximate surface area is 173 Å². The number of aliphatic carboxylic acids is 1. The van der Waals surface area contributed by atoms with E-state index < -0.39 is 19.0 Å². The molecule has 7 nitrogen and oxygen atoms in total. The van der Waals surface area contributed by atoms with Crippen molar-refractivity contribution in [3.05, 3.63) is 24.2 Å². The largest absolute Gasteiger partial charge is 1.00 e. The maximum Gasteiger partial charge on any atom is 1.00 e. The molecule has 1 aliphatic heterocycles. The molecular weight excluding hydrogens is 331 g/mol. The maximum absolute atomic E-state index is 12.4. The summed E-state index contributed by atoms with van der Waals surface area (Å²) in [7, 11) is -3.86. The molecule has 1 aromatic rings. The van der Waals surface area contributed by atoms with Gasteiger partial charge >= 0.3 is 65.1 Å². The minimum Gasteiger partial charge on any atom is -0.481 e. The molecule has 112 valence electrons. The van der Waals surface area contributed by atoms with Crippen molar-refractivity contribution >= 4 is 13.3 Å². The molecule has 1 saturated heterocycles. The Morgan fingerprint density at radius 3 is 2.50 bits per heavy atom. The number of morpholine rings is 1. The molecule has 2 rings (SSSR count). The van der Waals surface area contributed by atoms with Gasteiger partial charge < -0.3 is 19.2 Å². The second kappa shape index (κ2) is 10.7. The summed E-state index contributed by atoms with van der Waals surface area (Å²) in [5.74, 6) is -0.880.